The van der Waals surface area contributed by atoms with Crippen molar-refractivity contribution >= 4 is 5.69 Å². The quantitative estimate of drug-likeness (QED) is 0.679. The Labute approximate surface area is 188 Å². The maximum Gasteiger partial charge on any atom is 0.416 e. The van der Waals surface area contributed by atoms with Gasteiger partial charge in [-0.15, -0.1) is 0 Å². The molecule has 0 spiro atoms. The van der Waals surface area contributed by atoms with Crippen molar-refractivity contribution in [3.8, 4) is 0 Å². The molecule has 2 fully saturated rings. The number of rotatable bonds is 5. The SMILES string of the molecule is CCn1nc(C)c(CN2CCCC(N3CCN(c4cccc(C(F)(F)F)c4)CC3)C2)c1C. The van der Waals surface area contributed by atoms with Crippen LogP contribution in [0.5, 0.6) is 0 Å². The van der Waals surface area contributed by atoms with E-state index in [1.807, 2.05) is 0 Å². The fraction of sp³-hybridized carbons (Fsp3) is 0.625. The molecular weight excluding hydrogens is 415 g/mol. The van der Waals surface area contributed by atoms with E-state index in [9.17, 15) is 13.2 Å². The molecule has 1 aromatic carbocycles. The summed E-state index contributed by atoms with van der Waals surface area (Å²) < 4.78 is 41.3. The van der Waals surface area contributed by atoms with Gasteiger partial charge in [0.25, 0.3) is 0 Å². The summed E-state index contributed by atoms with van der Waals surface area (Å²) in [5.41, 5.74) is 3.84. The Morgan fingerprint density at radius 3 is 2.47 bits per heavy atom. The second-order valence-electron chi connectivity index (χ2n) is 9.07. The first-order valence-corrected chi connectivity index (χ1v) is 11.7. The molecule has 5 nitrogen and oxygen atoms in total. The Balaban J connectivity index is 1.34. The maximum absolute atomic E-state index is 13.1. The number of nitrogens with zero attached hydrogens (tertiary/aromatic N) is 5. The zero-order chi connectivity index (χ0) is 22.9. The van der Waals surface area contributed by atoms with E-state index in [-0.39, 0.29) is 0 Å². The van der Waals surface area contributed by atoms with Crippen LogP contribution in [0.3, 0.4) is 0 Å². The Kier molecular flexibility index (Phi) is 6.81. The third-order valence-electron chi connectivity index (χ3n) is 7.06. The minimum absolute atomic E-state index is 0.509. The normalized spacial score (nSPS) is 21.3. The molecule has 2 aromatic rings. The van der Waals surface area contributed by atoms with Gasteiger partial charge in [0.05, 0.1) is 11.3 Å². The number of hydrogen-bond acceptors (Lipinski definition) is 4. The van der Waals surface area contributed by atoms with Gasteiger partial charge in [0, 0.05) is 68.8 Å². The fourth-order valence-corrected chi connectivity index (χ4v) is 5.19. The van der Waals surface area contributed by atoms with E-state index in [2.05, 4.69) is 45.3 Å². The molecule has 0 amide bonds. The van der Waals surface area contributed by atoms with Crippen LogP contribution in [0.15, 0.2) is 24.3 Å². The van der Waals surface area contributed by atoms with Crippen molar-refractivity contribution in [2.45, 2.75) is 58.9 Å². The maximum atomic E-state index is 13.1. The topological polar surface area (TPSA) is 27.5 Å². The smallest absolute Gasteiger partial charge is 0.369 e. The van der Waals surface area contributed by atoms with E-state index >= 15 is 0 Å². The summed E-state index contributed by atoms with van der Waals surface area (Å²) in [6, 6.07) is 6.22. The zero-order valence-electron chi connectivity index (χ0n) is 19.3. The molecule has 2 aliphatic rings. The minimum atomic E-state index is -4.30. The van der Waals surface area contributed by atoms with Crippen LogP contribution in [0.2, 0.25) is 0 Å². The molecule has 2 aliphatic heterocycles. The van der Waals surface area contributed by atoms with Crippen LogP contribution in [0.25, 0.3) is 0 Å². The molecule has 0 aliphatic carbocycles. The van der Waals surface area contributed by atoms with Gasteiger partial charge in [0.1, 0.15) is 0 Å². The van der Waals surface area contributed by atoms with Crippen molar-refractivity contribution in [2.75, 3.05) is 44.2 Å². The highest BCUT2D eigenvalue weighted by molar-refractivity contribution is 5.49. The van der Waals surface area contributed by atoms with Gasteiger partial charge in [-0.3, -0.25) is 14.5 Å². The summed E-state index contributed by atoms with van der Waals surface area (Å²) in [6.07, 6.45) is -1.93. The third-order valence-corrected chi connectivity index (χ3v) is 7.06. The van der Waals surface area contributed by atoms with Crippen LogP contribution in [0.1, 0.15) is 42.3 Å². The van der Waals surface area contributed by atoms with Crippen LogP contribution >= 0.6 is 0 Å². The number of likely N-dealkylation sites (tertiary alicyclic amines) is 1. The molecule has 32 heavy (non-hydrogen) atoms. The number of aromatic nitrogens is 2. The molecule has 8 heteroatoms. The van der Waals surface area contributed by atoms with Gasteiger partial charge in [0.2, 0.25) is 0 Å². The van der Waals surface area contributed by atoms with Crippen LogP contribution in [0, 0.1) is 13.8 Å². The average molecular weight is 450 g/mol. The largest absolute Gasteiger partial charge is 0.416 e. The van der Waals surface area contributed by atoms with Crippen molar-refractivity contribution in [1.29, 1.82) is 0 Å². The van der Waals surface area contributed by atoms with Gasteiger partial charge >= 0.3 is 6.18 Å². The molecule has 3 heterocycles. The lowest BCUT2D eigenvalue weighted by atomic mass is 10.0. The van der Waals surface area contributed by atoms with Crippen molar-refractivity contribution in [3.05, 3.63) is 46.8 Å². The summed E-state index contributed by atoms with van der Waals surface area (Å²) in [7, 11) is 0. The van der Waals surface area contributed by atoms with Crippen LogP contribution in [0.4, 0.5) is 18.9 Å². The average Bonchev–Trinajstić information content (AvgIpc) is 3.06. The number of piperazine rings is 1. The summed E-state index contributed by atoms with van der Waals surface area (Å²) in [5, 5.41) is 4.67. The Morgan fingerprint density at radius 2 is 1.81 bits per heavy atom. The lowest BCUT2D eigenvalue weighted by Gasteiger charge is -2.44. The first-order chi connectivity index (χ1) is 15.3. The predicted molar refractivity (Wildman–Crippen MR) is 121 cm³/mol. The summed E-state index contributed by atoms with van der Waals surface area (Å²) in [6.45, 7) is 13.7. The molecule has 0 radical (unpaired) electrons. The van der Waals surface area contributed by atoms with Gasteiger partial charge in [-0.1, -0.05) is 6.07 Å². The highest BCUT2D eigenvalue weighted by atomic mass is 19.4. The van der Waals surface area contributed by atoms with E-state index in [0.29, 0.717) is 11.7 Å². The number of hydrogen-bond donors (Lipinski definition) is 0. The highest BCUT2D eigenvalue weighted by Crippen LogP contribution is 2.32. The van der Waals surface area contributed by atoms with Crippen molar-refractivity contribution in [2.24, 2.45) is 0 Å². The van der Waals surface area contributed by atoms with E-state index in [1.54, 1.807) is 6.07 Å². The Bertz CT molecular complexity index is 915. The Morgan fingerprint density at radius 1 is 1.06 bits per heavy atom. The van der Waals surface area contributed by atoms with Gasteiger partial charge in [-0.05, 0) is 58.4 Å². The second kappa shape index (κ2) is 9.43. The number of anilines is 1. The molecule has 1 atom stereocenters. The molecule has 0 saturated carbocycles. The van der Waals surface area contributed by atoms with Gasteiger partial charge in [-0.2, -0.15) is 18.3 Å². The predicted octanol–water partition coefficient (Wildman–Crippen LogP) is 4.33. The van der Waals surface area contributed by atoms with Crippen molar-refractivity contribution in [1.82, 2.24) is 19.6 Å². The van der Waals surface area contributed by atoms with E-state index in [0.717, 1.165) is 64.1 Å². The first kappa shape index (κ1) is 23.1. The highest BCUT2D eigenvalue weighted by Gasteiger charge is 2.32. The standard InChI is InChI=1S/C24H34F3N5/c1-4-32-19(3)23(18(2)28-32)17-29-10-6-9-22(16-29)31-13-11-30(12-14-31)21-8-5-7-20(15-21)24(25,26)27/h5,7-8,15,22H,4,6,9-14,16-17H2,1-3H3. The monoisotopic (exact) mass is 449 g/mol. The van der Waals surface area contributed by atoms with E-state index in [1.165, 1.54) is 36.2 Å². The molecule has 2 saturated heterocycles. The molecule has 4 rings (SSSR count). The molecule has 1 unspecified atom stereocenters. The summed E-state index contributed by atoms with van der Waals surface area (Å²) in [5.74, 6) is 0. The lowest BCUT2D eigenvalue weighted by molar-refractivity contribution is -0.137. The number of alkyl halides is 3. The lowest BCUT2D eigenvalue weighted by Crippen LogP contribution is -2.55. The Hall–Kier alpha value is -2.06. The molecule has 0 bridgehead atoms. The van der Waals surface area contributed by atoms with Gasteiger partial charge in [-0.25, -0.2) is 0 Å². The molecule has 1 aromatic heterocycles. The molecule has 0 N–H and O–H groups in total. The number of piperidine rings is 1. The minimum Gasteiger partial charge on any atom is -0.369 e. The number of halogens is 3. The number of benzene rings is 1. The first-order valence-electron chi connectivity index (χ1n) is 11.7. The second-order valence-corrected chi connectivity index (χ2v) is 9.07. The van der Waals surface area contributed by atoms with Gasteiger partial charge in [0.15, 0.2) is 0 Å². The summed E-state index contributed by atoms with van der Waals surface area (Å²) >= 11 is 0. The van der Waals surface area contributed by atoms with Crippen molar-refractivity contribution in [3.63, 3.8) is 0 Å². The molecular formula is C24H34F3N5. The van der Waals surface area contributed by atoms with Crippen LogP contribution in [-0.2, 0) is 19.3 Å². The van der Waals surface area contributed by atoms with Crippen LogP contribution < -0.4 is 4.90 Å². The number of aryl methyl sites for hydroxylation is 2. The van der Waals surface area contributed by atoms with Crippen molar-refractivity contribution < 1.29 is 13.2 Å². The summed E-state index contributed by atoms with van der Waals surface area (Å²) in [4.78, 5) is 7.16. The van der Waals surface area contributed by atoms with Crippen LogP contribution in [-0.4, -0.2) is 64.9 Å². The molecule has 176 valence electrons. The van der Waals surface area contributed by atoms with E-state index < -0.39 is 11.7 Å². The zero-order valence-corrected chi connectivity index (χ0v) is 19.3. The third kappa shape index (κ3) is 4.96. The fourth-order valence-electron chi connectivity index (χ4n) is 5.19. The van der Waals surface area contributed by atoms with E-state index in [4.69, 9.17) is 0 Å². The van der Waals surface area contributed by atoms with Gasteiger partial charge < -0.3 is 4.90 Å².